The first-order chi connectivity index (χ1) is 11.6. The number of aryl methyl sites for hydroxylation is 2. The number of nitrogens with one attached hydrogen (secondary N) is 1. The molecule has 128 valence electrons. The standard InChI is InChI=1S/C20H27N3O/c1-4-15-16(5-2)22-19-12-14(10-11-18(19)21-15)20(24)23-17-9-7-6-8-13(17)3/h10-13,17H,4-9H2,1-3H3,(H,23,24)/t13-,17-/m0/s1. The van der Waals surface area contributed by atoms with E-state index in [0.29, 0.717) is 17.5 Å². The van der Waals surface area contributed by atoms with Gasteiger partial charge in [-0.05, 0) is 49.8 Å². The van der Waals surface area contributed by atoms with Crippen molar-refractivity contribution in [1.29, 1.82) is 0 Å². The van der Waals surface area contributed by atoms with E-state index in [4.69, 9.17) is 9.97 Å². The highest BCUT2D eigenvalue weighted by molar-refractivity contribution is 5.97. The Hall–Kier alpha value is -1.97. The molecular weight excluding hydrogens is 298 g/mol. The predicted molar refractivity (Wildman–Crippen MR) is 97.2 cm³/mol. The highest BCUT2D eigenvalue weighted by Crippen LogP contribution is 2.24. The van der Waals surface area contributed by atoms with E-state index < -0.39 is 0 Å². The van der Waals surface area contributed by atoms with Crippen LogP contribution in [0.1, 0.15) is 68.2 Å². The molecule has 24 heavy (non-hydrogen) atoms. The van der Waals surface area contributed by atoms with Gasteiger partial charge in [0.2, 0.25) is 0 Å². The van der Waals surface area contributed by atoms with Gasteiger partial charge in [-0.2, -0.15) is 0 Å². The molecule has 0 radical (unpaired) electrons. The maximum atomic E-state index is 12.6. The van der Waals surface area contributed by atoms with Gasteiger partial charge in [-0.25, -0.2) is 9.97 Å². The third-order valence-corrected chi connectivity index (χ3v) is 5.18. The molecule has 0 aliphatic heterocycles. The number of fused-ring (bicyclic) bond motifs is 1. The predicted octanol–water partition coefficient (Wildman–Crippen LogP) is 4.06. The second-order valence-corrected chi connectivity index (χ2v) is 6.87. The van der Waals surface area contributed by atoms with Crippen LogP contribution in [0.25, 0.3) is 11.0 Å². The molecule has 1 N–H and O–H groups in total. The van der Waals surface area contributed by atoms with Gasteiger partial charge < -0.3 is 5.32 Å². The van der Waals surface area contributed by atoms with Gasteiger partial charge >= 0.3 is 0 Å². The van der Waals surface area contributed by atoms with Crippen LogP contribution in [0.4, 0.5) is 0 Å². The van der Waals surface area contributed by atoms with Crippen molar-refractivity contribution in [1.82, 2.24) is 15.3 Å². The van der Waals surface area contributed by atoms with Crippen LogP contribution in [0.3, 0.4) is 0 Å². The van der Waals surface area contributed by atoms with E-state index in [0.717, 1.165) is 41.7 Å². The van der Waals surface area contributed by atoms with Crippen molar-refractivity contribution in [2.24, 2.45) is 5.92 Å². The lowest BCUT2D eigenvalue weighted by atomic mass is 9.86. The Morgan fingerprint density at radius 2 is 1.75 bits per heavy atom. The first kappa shape index (κ1) is 16.9. The van der Waals surface area contributed by atoms with Crippen LogP contribution in [-0.4, -0.2) is 21.9 Å². The molecule has 1 saturated carbocycles. The molecule has 1 heterocycles. The smallest absolute Gasteiger partial charge is 0.251 e. The van der Waals surface area contributed by atoms with E-state index >= 15 is 0 Å². The Kier molecular flexibility index (Phi) is 5.12. The van der Waals surface area contributed by atoms with Gasteiger partial charge in [0, 0.05) is 11.6 Å². The van der Waals surface area contributed by atoms with E-state index in [-0.39, 0.29) is 5.91 Å². The van der Waals surface area contributed by atoms with Crippen molar-refractivity contribution in [2.45, 2.75) is 65.3 Å². The molecule has 4 nitrogen and oxygen atoms in total. The number of hydrogen-bond acceptors (Lipinski definition) is 3. The molecular formula is C20H27N3O. The first-order valence-electron chi connectivity index (χ1n) is 9.22. The van der Waals surface area contributed by atoms with E-state index in [1.54, 1.807) is 0 Å². The fourth-order valence-electron chi connectivity index (χ4n) is 3.62. The van der Waals surface area contributed by atoms with Gasteiger partial charge in [0.25, 0.3) is 5.91 Å². The van der Waals surface area contributed by atoms with Gasteiger partial charge in [-0.15, -0.1) is 0 Å². The zero-order chi connectivity index (χ0) is 17.1. The summed E-state index contributed by atoms with van der Waals surface area (Å²) in [7, 11) is 0. The molecule has 0 bridgehead atoms. The summed E-state index contributed by atoms with van der Waals surface area (Å²) in [6.45, 7) is 6.42. The Bertz CT molecular complexity index is 741. The minimum Gasteiger partial charge on any atom is -0.349 e. The lowest BCUT2D eigenvalue weighted by molar-refractivity contribution is 0.0910. The molecule has 4 heteroatoms. The summed E-state index contributed by atoms with van der Waals surface area (Å²) in [6, 6.07) is 5.95. The lowest BCUT2D eigenvalue weighted by Crippen LogP contribution is -2.41. The SMILES string of the molecule is CCc1nc2ccc(C(=O)N[C@H]3CCCC[C@@H]3C)cc2nc1CC. The van der Waals surface area contributed by atoms with Crippen LogP contribution < -0.4 is 5.32 Å². The number of carbonyl (C=O) groups excluding carboxylic acids is 1. The fourth-order valence-corrected chi connectivity index (χ4v) is 3.62. The Morgan fingerprint density at radius 3 is 2.42 bits per heavy atom. The Balaban J connectivity index is 1.85. The summed E-state index contributed by atoms with van der Waals surface area (Å²) < 4.78 is 0. The number of amides is 1. The average Bonchev–Trinajstić information content (AvgIpc) is 2.61. The largest absolute Gasteiger partial charge is 0.349 e. The molecule has 1 aliphatic carbocycles. The van der Waals surface area contributed by atoms with E-state index in [1.807, 2.05) is 18.2 Å². The Morgan fingerprint density at radius 1 is 1.08 bits per heavy atom. The maximum absolute atomic E-state index is 12.6. The topological polar surface area (TPSA) is 54.9 Å². The third-order valence-electron chi connectivity index (χ3n) is 5.18. The zero-order valence-corrected chi connectivity index (χ0v) is 14.9. The number of carbonyl (C=O) groups is 1. The summed E-state index contributed by atoms with van der Waals surface area (Å²) in [6.07, 6.45) is 6.51. The second kappa shape index (κ2) is 7.29. The third kappa shape index (κ3) is 3.42. The summed E-state index contributed by atoms with van der Waals surface area (Å²) in [5.41, 5.74) is 4.45. The average molecular weight is 325 g/mol. The van der Waals surface area contributed by atoms with Gasteiger partial charge in [0.15, 0.2) is 0 Å². The van der Waals surface area contributed by atoms with Crippen molar-refractivity contribution in [3.8, 4) is 0 Å². The van der Waals surface area contributed by atoms with Gasteiger partial charge in [-0.3, -0.25) is 4.79 Å². The van der Waals surface area contributed by atoms with Crippen LogP contribution in [0.2, 0.25) is 0 Å². The minimum atomic E-state index is 0.00932. The second-order valence-electron chi connectivity index (χ2n) is 6.87. The molecule has 2 aromatic rings. The highest BCUT2D eigenvalue weighted by Gasteiger charge is 2.23. The summed E-state index contributed by atoms with van der Waals surface area (Å²) >= 11 is 0. The van der Waals surface area contributed by atoms with Crippen LogP contribution in [0.15, 0.2) is 18.2 Å². The normalized spacial score (nSPS) is 21.0. The minimum absolute atomic E-state index is 0.00932. The summed E-state index contributed by atoms with van der Waals surface area (Å²) in [4.78, 5) is 22.0. The van der Waals surface area contributed by atoms with Crippen LogP contribution in [0.5, 0.6) is 0 Å². The van der Waals surface area contributed by atoms with Crippen molar-refractivity contribution in [3.05, 3.63) is 35.2 Å². The van der Waals surface area contributed by atoms with Gasteiger partial charge in [0.05, 0.1) is 22.4 Å². The number of aromatic nitrogens is 2. The van der Waals surface area contributed by atoms with Crippen molar-refractivity contribution in [2.75, 3.05) is 0 Å². The van der Waals surface area contributed by atoms with Gasteiger partial charge in [0.1, 0.15) is 0 Å². The van der Waals surface area contributed by atoms with E-state index in [2.05, 4.69) is 26.1 Å². The number of rotatable bonds is 4. The molecule has 0 unspecified atom stereocenters. The summed E-state index contributed by atoms with van der Waals surface area (Å²) in [5.74, 6) is 0.567. The zero-order valence-electron chi connectivity index (χ0n) is 14.9. The molecule has 1 fully saturated rings. The molecule has 1 aromatic heterocycles. The molecule has 1 amide bonds. The van der Waals surface area contributed by atoms with Crippen molar-refractivity contribution < 1.29 is 4.79 Å². The number of nitrogens with zero attached hydrogens (tertiary/aromatic N) is 2. The fraction of sp³-hybridized carbons (Fsp3) is 0.550. The Labute approximate surface area is 144 Å². The van der Waals surface area contributed by atoms with Crippen LogP contribution >= 0.6 is 0 Å². The van der Waals surface area contributed by atoms with E-state index in [1.165, 1.54) is 19.3 Å². The number of hydrogen-bond donors (Lipinski definition) is 1. The monoisotopic (exact) mass is 325 g/mol. The van der Waals surface area contributed by atoms with Crippen molar-refractivity contribution in [3.63, 3.8) is 0 Å². The molecule has 0 saturated heterocycles. The summed E-state index contributed by atoms with van der Waals surface area (Å²) in [5, 5.41) is 3.21. The first-order valence-corrected chi connectivity index (χ1v) is 9.22. The number of benzene rings is 1. The molecule has 0 spiro atoms. The van der Waals surface area contributed by atoms with Crippen LogP contribution in [0, 0.1) is 5.92 Å². The van der Waals surface area contributed by atoms with Gasteiger partial charge in [-0.1, -0.05) is 33.6 Å². The van der Waals surface area contributed by atoms with Crippen molar-refractivity contribution >= 4 is 16.9 Å². The lowest BCUT2D eigenvalue weighted by Gasteiger charge is -2.29. The van der Waals surface area contributed by atoms with E-state index in [9.17, 15) is 4.79 Å². The maximum Gasteiger partial charge on any atom is 0.251 e. The van der Waals surface area contributed by atoms with Crippen LogP contribution in [-0.2, 0) is 12.8 Å². The highest BCUT2D eigenvalue weighted by atomic mass is 16.1. The quantitative estimate of drug-likeness (QED) is 0.922. The molecule has 2 atom stereocenters. The molecule has 3 rings (SSSR count). The molecule has 1 aliphatic rings. The molecule has 1 aromatic carbocycles.